The molecule has 0 radical (unpaired) electrons. The Balaban J connectivity index is 1.68. The van der Waals surface area contributed by atoms with Crippen LogP contribution in [-0.2, 0) is 4.79 Å². The topological polar surface area (TPSA) is 55.2 Å². The van der Waals surface area contributed by atoms with Crippen LogP contribution in [0.1, 0.15) is 38.2 Å². The number of thiophene rings is 1. The van der Waals surface area contributed by atoms with Gasteiger partial charge in [-0.2, -0.15) is 0 Å². The first-order chi connectivity index (χ1) is 14.1. The van der Waals surface area contributed by atoms with Crippen LogP contribution in [-0.4, -0.2) is 38.7 Å². The van der Waals surface area contributed by atoms with Crippen molar-refractivity contribution in [1.29, 1.82) is 0 Å². The zero-order chi connectivity index (χ0) is 20.4. The molecule has 0 aliphatic carbocycles. The maximum atomic E-state index is 13.2. The second-order valence-corrected chi connectivity index (χ2v) is 9.25. The molecule has 1 aliphatic rings. The Bertz CT molecular complexity index is 1090. The monoisotopic (exact) mass is 427 g/mol. The number of aromatic nitrogens is 2. The number of rotatable bonds is 5. The number of aryl methyl sites for hydroxylation is 1. The van der Waals surface area contributed by atoms with Gasteiger partial charge < -0.3 is 4.90 Å². The summed E-state index contributed by atoms with van der Waals surface area (Å²) < 4.78 is 2.31. The normalized spacial score (nSPS) is 17.0. The van der Waals surface area contributed by atoms with E-state index in [0.29, 0.717) is 27.2 Å². The van der Waals surface area contributed by atoms with E-state index in [1.807, 2.05) is 47.5 Å². The predicted octanol–water partition coefficient (Wildman–Crippen LogP) is 4.64. The lowest BCUT2D eigenvalue weighted by Gasteiger charge is -2.35. The highest BCUT2D eigenvalue weighted by Crippen LogP contribution is 2.26. The lowest BCUT2D eigenvalue weighted by atomic mass is 10.0. The van der Waals surface area contributed by atoms with E-state index in [1.54, 1.807) is 4.57 Å². The highest BCUT2D eigenvalue weighted by atomic mass is 32.2. The third kappa shape index (κ3) is 3.98. The van der Waals surface area contributed by atoms with Gasteiger partial charge in [-0.15, -0.1) is 11.3 Å². The smallest absolute Gasteiger partial charge is 0.276 e. The molecule has 0 bridgehead atoms. The fourth-order valence-electron chi connectivity index (χ4n) is 3.98. The van der Waals surface area contributed by atoms with Crippen molar-refractivity contribution in [3.63, 3.8) is 0 Å². The quantitative estimate of drug-likeness (QED) is 0.440. The summed E-state index contributed by atoms with van der Waals surface area (Å²) in [4.78, 5) is 32.9. The average Bonchev–Trinajstić information content (AvgIpc) is 3.22. The van der Waals surface area contributed by atoms with E-state index in [9.17, 15) is 9.59 Å². The summed E-state index contributed by atoms with van der Waals surface area (Å²) in [6.45, 7) is 4.96. The molecule has 2 aromatic heterocycles. The van der Waals surface area contributed by atoms with Gasteiger partial charge in [0.1, 0.15) is 4.70 Å². The maximum Gasteiger partial charge on any atom is 0.276 e. The molecule has 1 aromatic carbocycles. The Morgan fingerprint density at radius 3 is 2.90 bits per heavy atom. The Hall–Kier alpha value is -2.12. The number of para-hydroxylation sites is 1. The van der Waals surface area contributed by atoms with Crippen molar-refractivity contribution in [2.24, 2.45) is 0 Å². The zero-order valence-electron chi connectivity index (χ0n) is 16.8. The van der Waals surface area contributed by atoms with Gasteiger partial charge in [0.05, 0.1) is 17.0 Å². The van der Waals surface area contributed by atoms with Crippen LogP contribution in [0, 0.1) is 6.92 Å². The molecule has 0 unspecified atom stereocenters. The van der Waals surface area contributed by atoms with Gasteiger partial charge in [0.25, 0.3) is 5.56 Å². The van der Waals surface area contributed by atoms with Crippen molar-refractivity contribution < 1.29 is 4.79 Å². The van der Waals surface area contributed by atoms with E-state index in [0.717, 1.165) is 37.1 Å². The molecule has 4 rings (SSSR count). The highest BCUT2D eigenvalue weighted by Gasteiger charge is 2.26. The van der Waals surface area contributed by atoms with E-state index < -0.39 is 0 Å². The molecule has 0 spiro atoms. The molecule has 1 saturated heterocycles. The third-order valence-corrected chi connectivity index (χ3v) is 7.36. The first kappa shape index (κ1) is 20.2. The minimum absolute atomic E-state index is 0.0707. The molecular weight excluding hydrogens is 402 g/mol. The van der Waals surface area contributed by atoms with Gasteiger partial charge in [-0.3, -0.25) is 14.2 Å². The maximum absolute atomic E-state index is 13.2. The molecule has 29 heavy (non-hydrogen) atoms. The summed E-state index contributed by atoms with van der Waals surface area (Å²) in [5, 5.41) is 2.47. The SMILES string of the molecule is CC[C@@H]1CCCCN1C(=O)CSc1nc2ccsc2c(=O)n1-c1ccccc1C. The second-order valence-electron chi connectivity index (χ2n) is 7.39. The fourth-order valence-corrected chi connectivity index (χ4v) is 5.63. The van der Waals surface area contributed by atoms with E-state index in [1.165, 1.54) is 29.5 Å². The number of fused-ring (bicyclic) bond motifs is 1. The van der Waals surface area contributed by atoms with Crippen molar-refractivity contribution in [2.75, 3.05) is 12.3 Å². The van der Waals surface area contributed by atoms with Gasteiger partial charge in [-0.1, -0.05) is 36.9 Å². The molecular formula is C22H25N3O2S2. The highest BCUT2D eigenvalue weighted by molar-refractivity contribution is 7.99. The minimum Gasteiger partial charge on any atom is -0.339 e. The number of nitrogens with zero attached hydrogens (tertiary/aromatic N) is 3. The Morgan fingerprint density at radius 1 is 1.28 bits per heavy atom. The largest absolute Gasteiger partial charge is 0.339 e. The molecule has 0 N–H and O–H groups in total. The number of thioether (sulfide) groups is 1. The van der Waals surface area contributed by atoms with E-state index in [-0.39, 0.29) is 11.5 Å². The number of hydrogen-bond donors (Lipinski definition) is 0. The number of hydrogen-bond acceptors (Lipinski definition) is 5. The van der Waals surface area contributed by atoms with Crippen molar-refractivity contribution in [3.05, 3.63) is 51.6 Å². The number of likely N-dealkylation sites (tertiary alicyclic amines) is 1. The van der Waals surface area contributed by atoms with Crippen LogP contribution in [0.25, 0.3) is 15.9 Å². The molecule has 1 fully saturated rings. The van der Waals surface area contributed by atoms with Gasteiger partial charge in [0.2, 0.25) is 5.91 Å². The second kappa shape index (κ2) is 8.71. The molecule has 3 aromatic rings. The lowest BCUT2D eigenvalue weighted by molar-refractivity contribution is -0.132. The van der Waals surface area contributed by atoms with Crippen molar-refractivity contribution in [1.82, 2.24) is 14.5 Å². The molecule has 3 heterocycles. The molecule has 152 valence electrons. The zero-order valence-corrected chi connectivity index (χ0v) is 18.4. The Labute approximate surface area is 178 Å². The average molecular weight is 428 g/mol. The van der Waals surface area contributed by atoms with Gasteiger partial charge in [-0.05, 0) is 55.7 Å². The summed E-state index contributed by atoms with van der Waals surface area (Å²) >= 11 is 2.77. The van der Waals surface area contributed by atoms with Crippen LogP contribution >= 0.6 is 23.1 Å². The van der Waals surface area contributed by atoms with Crippen molar-refractivity contribution in [2.45, 2.75) is 50.7 Å². The predicted molar refractivity (Wildman–Crippen MR) is 120 cm³/mol. The van der Waals surface area contributed by atoms with Crippen molar-refractivity contribution >= 4 is 39.2 Å². The molecule has 1 aliphatic heterocycles. The van der Waals surface area contributed by atoms with Crippen LogP contribution in [0.15, 0.2) is 45.7 Å². The van der Waals surface area contributed by atoms with Gasteiger partial charge >= 0.3 is 0 Å². The number of amides is 1. The first-order valence-corrected chi connectivity index (χ1v) is 11.9. The summed E-state index contributed by atoms with van der Waals surface area (Å²) in [7, 11) is 0. The Kier molecular flexibility index (Phi) is 6.06. The molecule has 1 atom stereocenters. The number of carbonyl (C=O) groups is 1. The Morgan fingerprint density at radius 2 is 2.10 bits per heavy atom. The van der Waals surface area contributed by atoms with Crippen molar-refractivity contribution in [3.8, 4) is 5.69 Å². The molecule has 5 nitrogen and oxygen atoms in total. The standard InChI is InChI=1S/C22H25N3O2S2/c1-3-16-9-6-7-12-24(16)19(26)14-29-22-23-17-11-13-28-20(17)21(27)25(22)18-10-5-4-8-15(18)2/h4-5,8,10-11,13,16H,3,6-7,9,12,14H2,1-2H3/t16-/m1/s1. The summed E-state index contributed by atoms with van der Waals surface area (Å²) in [6, 6.07) is 10.0. The molecule has 7 heteroatoms. The number of piperidine rings is 1. The van der Waals surface area contributed by atoms with E-state index >= 15 is 0 Å². The summed E-state index contributed by atoms with van der Waals surface area (Å²) in [5.74, 6) is 0.433. The molecule has 0 saturated carbocycles. The van der Waals surface area contributed by atoms with Gasteiger partial charge in [0.15, 0.2) is 5.16 Å². The van der Waals surface area contributed by atoms with Gasteiger partial charge in [0, 0.05) is 12.6 Å². The van der Waals surface area contributed by atoms with E-state index in [4.69, 9.17) is 4.98 Å². The van der Waals surface area contributed by atoms with E-state index in [2.05, 4.69) is 6.92 Å². The summed E-state index contributed by atoms with van der Waals surface area (Å²) in [6.07, 6.45) is 4.34. The van der Waals surface area contributed by atoms with Gasteiger partial charge in [-0.25, -0.2) is 4.98 Å². The number of benzene rings is 1. The third-order valence-electron chi connectivity index (χ3n) is 5.55. The fraction of sp³-hybridized carbons (Fsp3) is 0.409. The first-order valence-electron chi connectivity index (χ1n) is 10.1. The summed E-state index contributed by atoms with van der Waals surface area (Å²) in [5.41, 5.74) is 2.45. The van der Waals surface area contributed by atoms with Crippen LogP contribution in [0.3, 0.4) is 0 Å². The van der Waals surface area contributed by atoms with Crippen LogP contribution in [0.5, 0.6) is 0 Å². The van der Waals surface area contributed by atoms with Crippen LogP contribution in [0.2, 0.25) is 0 Å². The minimum atomic E-state index is -0.0707. The molecule has 1 amide bonds. The number of carbonyl (C=O) groups excluding carboxylic acids is 1. The van der Waals surface area contributed by atoms with Crippen LogP contribution in [0.4, 0.5) is 0 Å². The lowest BCUT2D eigenvalue weighted by Crippen LogP contribution is -2.44. The van der Waals surface area contributed by atoms with Crippen LogP contribution < -0.4 is 5.56 Å².